The van der Waals surface area contributed by atoms with E-state index in [0.29, 0.717) is 17.9 Å². The summed E-state index contributed by atoms with van der Waals surface area (Å²) in [6.07, 6.45) is 9.07. The quantitative estimate of drug-likeness (QED) is 0.443. The van der Waals surface area contributed by atoms with Gasteiger partial charge in [-0.15, -0.1) is 0 Å². The second-order valence-corrected chi connectivity index (χ2v) is 10.6. The molecule has 2 heterocycles. The van der Waals surface area contributed by atoms with Crippen molar-refractivity contribution >= 4 is 11.9 Å². The van der Waals surface area contributed by atoms with Crippen molar-refractivity contribution in [3.8, 4) is 0 Å². The molecule has 1 amide bonds. The maximum Gasteiger partial charge on any atom is 0.251 e. The fraction of sp³-hybridized carbons (Fsp3) is 0.452. The van der Waals surface area contributed by atoms with E-state index in [1.807, 2.05) is 48.8 Å². The molecule has 1 aliphatic carbocycles. The van der Waals surface area contributed by atoms with Crippen LogP contribution in [0.3, 0.4) is 0 Å². The Morgan fingerprint density at radius 3 is 2.30 bits per heavy atom. The van der Waals surface area contributed by atoms with Crippen LogP contribution < -0.4 is 10.2 Å². The van der Waals surface area contributed by atoms with Crippen LogP contribution in [0.15, 0.2) is 79.1 Å². The van der Waals surface area contributed by atoms with E-state index in [4.69, 9.17) is 0 Å². The summed E-state index contributed by atoms with van der Waals surface area (Å²) < 4.78 is 0. The number of hydrogen-bond donors (Lipinski definition) is 1. The lowest BCUT2D eigenvalue weighted by molar-refractivity contribution is 0.0936. The van der Waals surface area contributed by atoms with Gasteiger partial charge in [0, 0.05) is 56.2 Å². The Hall–Kier alpha value is -3.25. The van der Waals surface area contributed by atoms with Gasteiger partial charge in [0.25, 0.3) is 5.91 Å². The zero-order chi connectivity index (χ0) is 25.5. The molecule has 0 unspecified atom stereocenters. The highest BCUT2D eigenvalue weighted by molar-refractivity contribution is 5.94. The fourth-order valence-corrected chi connectivity index (χ4v) is 6.28. The molecule has 2 aromatic carbocycles. The van der Waals surface area contributed by atoms with Gasteiger partial charge in [-0.1, -0.05) is 55.5 Å². The third-order valence-electron chi connectivity index (χ3n) is 8.06. The van der Waals surface area contributed by atoms with E-state index >= 15 is 0 Å². The molecule has 6 nitrogen and oxygen atoms in total. The number of aromatic nitrogens is 2. The fourth-order valence-electron chi connectivity index (χ4n) is 6.28. The normalized spacial score (nSPS) is 22.6. The van der Waals surface area contributed by atoms with Crippen molar-refractivity contribution in [1.29, 1.82) is 0 Å². The number of anilines is 1. The first-order valence-corrected chi connectivity index (χ1v) is 13.9. The molecule has 3 atom stereocenters. The Balaban J connectivity index is 1.22. The first-order chi connectivity index (χ1) is 18.2. The van der Waals surface area contributed by atoms with E-state index in [0.717, 1.165) is 69.8 Å². The summed E-state index contributed by atoms with van der Waals surface area (Å²) in [5.74, 6) is 1.90. The van der Waals surface area contributed by atoms with Crippen molar-refractivity contribution < 1.29 is 4.79 Å². The summed E-state index contributed by atoms with van der Waals surface area (Å²) in [6, 6.07) is 23.0. The van der Waals surface area contributed by atoms with E-state index in [-0.39, 0.29) is 11.9 Å². The molecule has 1 aliphatic heterocycles. The molecule has 1 aromatic heterocycles. The third-order valence-corrected chi connectivity index (χ3v) is 8.06. The summed E-state index contributed by atoms with van der Waals surface area (Å²) in [7, 11) is 0. The van der Waals surface area contributed by atoms with Crippen LogP contribution in [0.25, 0.3) is 0 Å². The van der Waals surface area contributed by atoms with Gasteiger partial charge in [0.2, 0.25) is 5.95 Å². The topological polar surface area (TPSA) is 61.4 Å². The van der Waals surface area contributed by atoms with Crippen LogP contribution in [0.1, 0.15) is 60.9 Å². The van der Waals surface area contributed by atoms with Crippen molar-refractivity contribution in [2.45, 2.75) is 57.0 Å². The highest BCUT2D eigenvalue weighted by Gasteiger charge is 2.37. The van der Waals surface area contributed by atoms with E-state index in [1.54, 1.807) is 0 Å². The van der Waals surface area contributed by atoms with Crippen LogP contribution in [0.5, 0.6) is 0 Å². The lowest BCUT2D eigenvalue weighted by Crippen LogP contribution is -2.47. The van der Waals surface area contributed by atoms with Crippen molar-refractivity contribution in [1.82, 2.24) is 20.2 Å². The van der Waals surface area contributed by atoms with Gasteiger partial charge < -0.3 is 15.1 Å². The molecule has 1 N–H and O–H groups in total. The minimum Gasteiger partial charge on any atom is -0.349 e. The Morgan fingerprint density at radius 1 is 0.946 bits per heavy atom. The van der Waals surface area contributed by atoms with Gasteiger partial charge in [0.1, 0.15) is 0 Å². The van der Waals surface area contributed by atoms with Crippen LogP contribution in [0, 0.1) is 5.92 Å². The monoisotopic (exact) mass is 497 g/mol. The number of benzene rings is 2. The third kappa shape index (κ3) is 6.37. The number of piperidine rings is 1. The van der Waals surface area contributed by atoms with Gasteiger partial charge in [-0.3, -0.25) is 4.79 Å². The van der Waals surface area contributed by atoms with Gasteiger partial charge in [-0.25, -0.2) is 9.97 Å². The Morgan fingerprint density at radius 2 is 1.62 bits per heavy atom. The maximum atomic E-state index is 12.9. The van der Waals surface area contributed by atoms with Crippen LogP contribution >= 0.6 is 0 Å². The average Bonchev–Trinajstić information content (AvgIpc) is 3.35. The molecule has 2 aliphatic rings. The SMILES string of the molecule is CCCN(c1ncccn1)C1CCN(C[C@H]2C[C@@H](NC(=O)c3ccccc3)C[C@@H]2c2ccccc2)CC1. The minimum absolute atomic E-state index is 0.0398. The van der Waals surface area contributed by atoms with Gasteiger partial charge >= 0.3 is 0 Å². The first kappa shape index (κ1) is 25.4. The number of carbonyl (C=O) groups excluding carboxylic acids is 1. The highest BCUT2D eigenvalue weighted by atomic mass is 16.1. The van der Waals surface area contributed by atoms with Gasteiger partial charge in [-0.2, -0.15) is 0 Å². The summed E-state index contributed by atoms with van der Waals surface area (Å²) in [5.41, 5.74) is 2.14. The molecule has 194 valence electrons. The molecule has 0 spiro atoms. The molecule has 0 radical (unpaired) electrons. The zero-order valence-corrected chi connectivity index (χ0v) is 21.9. The smallest absolute Gasteiger partial charge is 0.251 e. The molecule has 0 bridgehead atoms. The van der Waals surface area contributed by atoms with Crippen molar-refractivity contribution in [3.05, 3.63) is 90.3 Å². The predicted octanol–water partition coefficient (Wildman–Crippen LogP) is 5.15. The van der Waals surface area contributed by atoms with Crippen molar-refractivity contribution in [2.24, 2.45) is 5.92 Å². The van der Waals surface area contributed by atoms with Crippen molar-refractivity contribution in [2.75, 3.05) is 31.1 Å². The van der Waals surface area contributed by atoms with Crippen LogP contribution in [-0.2, 0) is 0 Å². The number of hydrogen-bond acceptors (Lipinski definition) is 5. The summed E-state index contributed by atoms with van der Waals surface area (Å²) in [4.78, 5) is 27.0. The summed E-state index contributed by atoms with van der Waals surface area (Å²) in [6.45, 7) is 6.49. The predicted molar refractivity (Wildman–Crippen MR) is 149 cm³/mol. The molecule has 3 aromatic rings. The molecule has 5 rings (SSSR count). The Bertz CT molecular complexity index is 1100. The van der Waals surface area contributed by atoms with Crippen LogP contribution in [-0.4, -0.2) is 59.0 Å². The average molecular weight is 498 g/mol. The second kappa shape index (κ2) is 12.3. The Kier molecular flexibility index (Phi) is 8.46. The number of nitrogens with zero attached hydrogens (tertiary/aromatic N) is 4. The molecule has 37 heavy (non-hydrogen) atoms. The largest absolute Gasteiger partial charge is 0.349 e. The van der Waals surface area contributed by atoms with E-state index < -0.39 is 0 Å². The lowest BCUT2D eigenvalue weighted by Gasteiger charge is -2.39. The molecular formula is C31H39N5O. The summed E-state index contributed by atoms with van der Waals surface area (Å²) >= 11 is 0. The number of nitrogens with one attached hydrogen (secondary N) is 1. The molecule has 1 saturated carbocycles. The van der Waals surface area contributed by atoms with E-state index in [2.05, 4.69) is 62.3 Å². The Labute approximate surface area is 221 Å². The number of likely N-dealkylation sites (tertiary alicyclic amines) is 1. The van der Waals surface area contributed by atoms with Crippen molar-refractivity contribution in [3.63, 3.8) is 0 Å². The zero-order valence-electron chi connectivity index (χ0n) is 21.9. The van der Waals surface area contributed by atoms with Gasteiger partial charge in [0.15, 0.2) is 0 Å². The number of rotatable bonds is 9. The maximum absolute atomic E-state index is 12.9. The molecular weight excluding hydrogens is 458 g/mol. The first-order valence-electron chi connectivity index (χ1n) is 13.9. The molecule has 2 fully saturated rings. The van der Waals surface area contributed by atoms with Crippen LogP contribution in [0.2, 0.25) is 0 Å². The van der Waals surface area contributed by atoms with Crippen LogP contribution in [0.4, 0.5) is 5.95 Å². The minimum atomic E-state index is 0.0398. The molecule has 1 saturated heterocycles. The standard InChI is InChI=1S/C31H39N5O/c1-2-18-36(31-32-16-9-17-33-31)28-14-19-35(20-15-28)23-26-21-27(22-29(26)24-10-5-3-6-11-24)34-30(37)25-12-7-4-8-13-25/h3-13,16-17,26-29H,2,14-15,18-23H2,1H3,(H,34,37)/t26-,27-,29-/m1/s1. The number of amides is 1. The van der Waals surface area contributed by atoms with Gasteiger partial charge in [-0.05, 0) is 67.7 Å². The highest BCUT2D eigenvalue weighted by Crippen LogP contribution is 2.41. The van der Waals surface area contributed by atoms with E-state index in [1.165, 1.54) is 5.56 Å². The second-order valence-electron chi connectivity index (χ2n) is 10.6. The van der Waals surface area contributed by atoms with Gasteiger partial charge in [0.05, 0.1) is 0 Å². The molecule has 6 heteroatoms. The lowest BCUT2D eigenvalue weighted by atomic mass is 9.88. The van der Waals surface area contributed by atoms with E-state index in [9.17, 15) is 4.79 Å². The summed E-state index contributed by atoms with van der Waals surface area (Å²) in [5, 5.41) is 3.34. The number of carbonyl (C=O) groups is 1.